The maximum absolute atomic E-state index is 9.08. The smallest absolute Gasteiger partial charge is 0.205 e. The molecule has 8 rings (SSSR count). The van der Waals surface area contributed by atoms with Crippen LogP contribution in [0.15, 0.2) is 103 Å². The SMILES string of the molecule is COc1ccc(CCN2CCN(c3nc(-c4cccc(C#N)c4)ns3)CC2)cc1.Clc1cccc(-c2nsc(N3CCN(CCc4ccccc4)CC3)n2)c1. The van der Waals surface area contributed by atoms with Crippen LogP contribution in [-0.2, 0) is 12.8 Å². The second-order valence-corrected chi connectivity index (χ2v) is 15.4. The largest absolute Gasteiger partial charge is 0.497 e. The zero-order valence-corrected chi connectivity index (χ0v) is 33.3. The molecule has 0 N–H and O–H groups in total. The molecule has 13 heteroatoms. The van der Waals surface area contributed by atoms with Crippen LogP contribution in [0.2, 0.25) is 5.02 Å². The number of benzene rings is 4. The predicted molar refractivity (Wildman–Crippen MR) is 225 cm³/mol. The third-order valence-electron chi connectivity index (χ3n) is 9.88. The van der Waals surface area contributed by atoms with Gasteiger partial charge < -0.3 is 14.5 Å². The molecule has 2 aromatic heterocycles. The number of halogens is 1. The van der Waals surface area contributed by atoms with Crippen LogP contribution >= 0.6 is 34.7 Å². The Hall–Kier alpha value is -4.90. The Morgan fingerprint density at radius 3 is 1.69 bits per heavy atom. The lowest BCUT2D eigenvalue weighted by atomic mass is 10.1. The summed E-state index contributed by atoms with van der Waals surface area (Å²) in [6.07, 6.45) is 2.15. The Bertz CT molecular complexity index is 2140. The summed E-state index contributed by atoms with van der Waals surface area (Å²) in [6.45, 7) is 10.3. The van der Waals surface area contributed by atoms with Crippen molar-refractivity contribution in [1.29, 1.82) is 5.26 Å². The average Bonchev–Trinajstić information content (AvgIpc) is 3.95. The molecule has 0 saturated carbocycles. The number of nitriles is 1. The summed E-state index contributed by atoms with van der Waals surface area (Å²) in [6, 6.07) is 36.3. The first-order chi connectivity index (χ1) is 27.0. The van der Waals surface area contributed by atoms with E-state index in [1.807, 2.05) is 54.6 Å². The molecule has 0 bridgehead atoms. The zero-order chi connectivity index (χ0) is 37.8. The van der Waals surface area contributed by atoms with Gasteiger partial charge in [0.25, 0.3) is 0 Å². The summed E-state index contributed by atoms with van der Waals surface area (Å²) >= 11 is 8.97. The number of piperazine rings is 2. The minimum Gasteiger partial charge on any atom is -0.497 e. The lowest BCUT2D eigenvalue weighted by molar-refractivity contribution is 0.261. The first-order valence-corrected chi connectivity index (χ1v) is 20.5. The van der Waals surface area contributed by atoms with E-state index in [0.29, 0.717) is 16.4 Å². The van der Waals surface area contributed by atoms with Gasteiger partial charge in [0.15, 0.2) is 11.6 Å². The van der Waals surface area contributed by atoms with Gasteiger partial charge in [0.1, 0.15) is 5.75 Å². The van der Waals surface area contributed by atoms with Gasteiger partial charge in [-0.05, 0) is 60.4 Å². The fraction of sp³-hybridized carbons (Fsp3) is 0.310. The minimum absolute atomic E-state index is 0.629. The quantitative estimate of drug-likeness (QED) is 0.130. The lowest BCUT2D eigenvalue weighted by Gasteiger charge is -2.34. The normalized spacial score (nSPS) is 14.9. The van der Waals surface area contributed by atoms with E-state index in [1.165, 1.54) is 34.2 Å². The molecule has 282 valence electrons. The van der Waals surface area contributed by atoms with Gasteiger partial charge >= 0.3 is 0 Å². The van der Waals surface area contributed by atoms with E-state index in [0.717, 1.165) is 111 Å². The average molecular weight is 790 g/mol. The van der Waals surface area contributed by atoms with Gasteiger partial charge in [-0.1, -0.05) is 78.3 Å². The first-order valence-electron chi connectivity index (χ1n) is 18.6. The van der Waals surface area contributed by atoms with Crippen molar-refractivity contribution in [3.8, 4) is 34.6 Å². The Labute approximate surface area is 336 Å². The lowest BCUT2D eigenvalue weighted by Crippen LogP contribution is -2.47. The van der Waals surface area contributed by atoms with Crippen molar-refractivity contribution in [1.82, 2.24) is 28.5 Å². The number of nitrogens with zero attached hydrogens (tertiary/aromatic N) is 9. The van der Waals surface area contributed by atoms with Crippen molar-refractivity contribution in [2.75, 3.05) is 82.4 Å². The summed E-state index contributed by atoms with van der Waals surface area (Å²) in [5.41, 5.74) is 5.24. The van der Waals surface area contributed by atoms with Crippen LogP contribution in [0.5, 0.6) is 5.75 Å². The van der Waals surface area contributed by atoms with Crippen LogP contribution in [0.1, 0.15) is 16.7 Å². The molecule has 2 aliphatic rings. The molecular weight excluding hydrogens is 746 g/mol. The summed E-state index contributed by atoms with van der Waals surface area (Å²) in [5, 5.41) is 11.7. The van der Waals surface area contributed by atoms with Crippen molar-refractivity contribution in [2.45, 2.75) is 12.8 Å². The fourth-order valence-electron chi connectivity index (χ4n) is 6.61. The van der Waals surface area contributed by atoms with Crippen molar-refractivity contribution in [3.63, 3.8) is 0 Å². The fourth-order valence-corrected chi connectivity index (χ4v) is 8.28. The molecule has 55 heavy (non-hydrogen) atoms. The molecule has 10 nitrogen and oxygen atoms in total. The summed E-state index contributed by atoms with van der Waals surface area (Å²) in [7, 11) is 1.69. The molecule has 2 fully saturated rings. The Morgan fingerprint density at radius 2 is 1.16 bits per heavy atom. The first kappa shape index (κ1) is 38.4. The second-order valence-electron chi connectivity index (χ2n) is 13.5. The van der Waals surface area contributed by atoms with Crippen LogP contribution in [0.25, 0.3) is 22.8 Å². The molecule has 0 aliphatic carbocycles. The highest BCUT2D eigenvalue weighted by molar-refractivity contribution is 7.10. The number of hydrogen-bond donors (Lipinski definition) is 0. The molecule has 0 amide bonds. The molecule has 6 aromatic rings. The molecular formula is C42H44ClN9OS2. The monoisotopic (exact) mass is 789 g/mol. The highest BCUT2D eigenvalue weighted by atomic mass is 35.5. The third kappa shape index (κ3) is 10.7. The van der Waals surface area contributed by atoms with E-state index < -0.39 is 0 Å². The maximum Gasteiger partial charge on any atom is 0.205 e. The van der Waals surface area contributed by atoms with Crippen molar-refractivity contribution in [3.05, 3.63) is 125 Å². The van der Waals surface area contributed by atoms with Gasteiger partial charge in [-0.2, -0.15) is 24.0 Å². The van der Waals surface area contributed by atoms with Crippen LogP contribution in [-0.4, -0.2) is 101 Å². The predicted octanol–water partition coefficient (Wildman–Crippen LogP) is 7.67. The van der Waals surface area contributed by atoms with Gasteiger partial charge in [0.2, 0.25) is 10.3 Å². The maximum atomic E-state index is 9.08. The van der Waals surface area contributed by atoms with Gasteiger partial charge in [0.05, 0.1) is 18.7 Å². The number of methoxy groups -OCH3 is 1. The van der Waals surface area contributed by atoms with Gasteiger partial charge in [-0.3, -0.25) is 9.80 Å². The van der Waals surface area contributed by atoms with Gasteiger partial charge in [0, 0.05) is 105 Å². The molecule has 4 heterocycles. The third-order valence-corrected chi connectivity index (χ3v) is 11.7. The van der Waals surface area contributed by atoms with E-state index in [9.17, 15) is 0 Å². The molecule has 0 unspecified atom stereocenters. The topological polar surface area (TPSA) is 97.5 Å². The number of hydrogen-bond acceptors (Lipinski definition) is 12. The summed E-state index contributed by atoms with van der Waals surface area (Å²) in [4.78, 5) is 19.1. The van der Waals surface area contributed by atoms with Crippen LogP contribution in [0.3, 0.4) is 0 Å². The zero-order valence-electron chi connectivity index (χ0n) is 30.9. The molecule has 2 aliphatic heterocycles. The number of rotatable bonds is 11. The van der Waals surface area contributed by atoms with E-state index in [4.69, 9.17) is 31.6 Å². The number of anilines is 2. The standard InChI is InChI=1S/C22H23N5OS.C20H21ClN4S/c1-28-20-7-5-17(6-8-20)9-10-26-11-13-27(14-12-26)22-24-21(25-29-22)19-4-2-3-18(15-19)16-23;21-18-8-4-7-17(15-18)19-22-20(26-23-19)25-13-11-24(12-14-25)10-9-16-5-2-1-3-6-16/h2-8,15H,9-14H2,1H3;1-8,15H,9-14H2. The number of aromatic nitrogens is 4. The van der Waals surface area contributed by atoms with E-state index >= 15 is 0 Å². The number of ether oxygens (including phenoxy) is 1. The van der Waals surface area contributed by atoms with Gasteiger partial charge in [-0.15, -0.1) is 0 Å². The summed E-state index contributed by atoms with van der Waals surface area (Å²) < 4.78 is 14.2. The Morgan fingerprint density at radius 1 is 0.636 bits per heavy atom. The Balaban J connectivity index is 0.000000170. The van der Waals surface area contributed by atoms with E-state index in [-0.39, 0.29) is 0 Å². The minimum atomic E-state index is 0.629. The van der Waals surface area contributed by atoms with Crippen molar-refractivity contribution < 1.29 is 4.74 Å². The van der Waals surface area contributed by atoms with Crippen LogP contribution in [0, 0.1) is 11.3 Å². The molecule has 0 spiro atoms. The molecule has 4 aromatic carbocycles. The Kier molecular flexibility index (Phi) is 13.3. The van der Waals surface area contributed by atoms with Gasteiger partial charge in [-0.25, -0.2) is 0 Å². The highest BCUT2D eigenvalue weighted by Crippen LogP contribution is 2.27. The molecule has 0 radical (unpaired) electrons. The highest BCUT2D eigenvalue weighted by Gasteiger charge is 2.22. The van der Waals surface area contributed by atoms with Crippen molar-refractivity contribution in [2.24, 2.45) is 0 Å². The summed E-state index contributed by atoms with van der Waals surface area (Å²) in [5.74, 6) is 2.36. The molecule has 2 saturated heterocycles. The van der Waals surface area contributed by atoms with E-state index in [1.54, 1.807) is 13.2 Å². The second kappa shape index (κ2) is 19.1. The molecule has 0 atom stereocenters. The van der Waals surface area contributed by atoms with Crippen molar-refractivity contribution >= 4 is 44.9 Å². The van der Waals surface area contributed by atoms with E-state index in [2.05, 4.69) is 76.9 Å². The van der Waals surface area contributed by atoms with Crippen LogP contribution < -0.4 is 14.5 Å². The van der Waals surface area contributed by atoms with Crippen LogP contribution in [0.4, 0.5) is 10.3 Å².